The van der Waals surface area contributed by atoms with Crippen molar-refractivity contribution in [3.05, 3.63) is 71.4 Å². The molecule has 0 aliphatic carbocycles. The van der Waals surface area contributed by atoms with Crippen LogP contribution in [0.1, 0.15) is 40.2 Å². The highest BCUT2D eigenvalue weighted by Crippen LogP contribution is 2.33. The van der Waals surface area contributed by atoms with Crippen molar-refractivity contribution in [3.8, 4) is 0 Å². The third-order valence-corrected chi connectivity index (χ3v) is 5.58. The number of carbonyl (C=O) groups is 1. The standard InChI is InChI=1S/C23H23F3N2O2/c24-23(25,26)15-30-14-16-5-7-18(8-6-16)22(29)28-11-9-17(10-12-28)20-13-27-21-4-2-1-3-19(20)21/h1-8,13,17,27H,9-12,14-15H2. The fourth-order valence-electron chi connectivity index (χ4n) is 4.04. The minimum atomic E-state index is -4.34. The fourth-order valence-corrected chi connectivity index (χ4v) is 4.04. The van der Waals surface area contributed by atoms with Gasteiger partial charge < -0.3 is 14.6 Å². The summed E-state index contributed by atoms with van der Waals surface area (Å²) in [5.41, 5.74) is 3.58. The molecule has 1 aliphatic rings. The number of rotatable bonds is 5. The van der Waals surface area contributed by atoms with Gasteiger partial charge in [0.1, 0.15) is 6.61 Å². The molecule has 0 saturated carbocycles. The lowest BCUT2D eigenvalue weighted by Gasteiger charge is -2.32. The second-order valence-electron chi connectivity index (χ2n) is 7.66. The molecule has 158 valence electrons. The van der Waals surface area contributed by atoms with Gasteiger partial charge in [-0.05, 0) is 48.1 Å². The van der Waals surface area contributed by atoms with Gasteiger partial charge in [0.05, 0.1) is 6.61 Å². The molecule has 4 rings (SSSR count). The Bertz CT molecular complexity index is 1000. The van der Waals surface area contributed by atoms with E-state index in [9.17, 15) is 18.0 Å². The number of piperidine rings is 1. The molecule has 0 bridgehead atoms. The average molecular weight is 416 g/mol. The summed E-state index contributed by atoms with van der Waals surface area (Å²) in [5.74, 6) is 0.369. The molecule has 1 fully saturated rings. The number of benzene rings is 2. The first-order valence-corrected chi connectivity index (χ1v) is 9.99. The summed E-state index contributed by atoms with van der Waals surface area (Å²) in [5, 5.41) is 1.24. The first-order valence-electron chi connectivity index (χ1n) is 9.99. The van der Waals surface area contributed by atoms with Crippen molar-refractivity contribution in [2.24, 2.45) is 0 Å². The summed E-state index contributed by atoms with van der Waals surface area (Å²) in [7, 11) is 0. The number of hydrogen-bond acceptors (Lipinski definition) is 2. The Morgan fingerprint density at radius 1 is 1.07 bits per heavy atom. The van der Waals surface area contributed by atoms with E-state index in [2.05, 4.69) is 28.1 Å². The molecule has 2 heterocycles. The Balaban J connectivity index is 1.33. The van der Waals surface area contributed by atoms with Crippen LogP contribution >= 0.6 is 0 Å². The lowest BCUT2D eigenvalue weighted by molar-refractivity contribution is -0.176. The van der Waals surface area contributed by atoms with Crippen LogP contribution in [0.2, 0.25) is 0 Å². The molecular formula is C23H23F3N2O2. The second-order valence-corrected chi connectivity index (χ2v) is 7.66. The Kier molecular flexibility index (Phi) is 5.81. The maximum absolute atomic E-state index is 12.8. The zero-order chi connectivity index (χ0) is 21.1. The van der Waals surface area contributed by atoms with Gasteiger partial charge in [0.15, 0.2) is 0 Å². The van der Waals surface area contributed by atoms with Crippen LogP contribution in [0.25, 0.3) is 10.9 Å². The minimum Gasteiger partial charge on any atom is -0.367 e. The first kappa shape index (κ1) is 20.5. The van der Waals surface area contributed by atoms with Gasteiger partial charge in [-0.15, -0.1) is 0 Å². The van der Waals surface area contributed by atoms with E-state index in [0.29, 0.717) is 30.1 Å². The number of alkyl halides is 3. The molecule has 7 heteroatoms. The number of halogens is 3. The predicted octanol–water partition coefficient (Wildman–Crippen LogP) is 5.27. The summed E-state index contributed by atoms with van der Waals surface area (Å²) in [4.78, 5) is 18.0. The highest BCUT2D eigenvalue weighted by atomic mass is 19.4. The van der Waals surface area contributed by atoms with E-state index in [4.69, 9.17) is 0 Å². The zero-order valence-electron chi connectivity index (χ0n) is 16.4. The summed E-state index contributed by atoms with van der Waals surface area (Å²) in [6, 6.07) is 14.8. The number of likely N-dealkylation sites (tertiary alicyclic amines) is 1. The van der Waals surface area contributed by atoms with Crippen LogP contribution < -0.4 is 0 Å². The number of nitrogens with one attached hydrogen (secondary N) is 1. The molecule has 3 aromatic rings. The number of ether oxygens (including phenoxy) is 1. The van der Waals surface area contributed by atoms with Crippen LogP contribution in [-0.4, -0.2) is 41.7 Å². The van der Waals surface area contributed by atoms with Crippen molar-refractivity contribution in [3.63, 3.8) is 0 Å². The van der Waals surface area contributed by atoms with Crippen molar-refractivity contribution >= 4 is 16.8 Å². The number of aromatic nitrogens is 1. The first-order chi connectivity index (χ1) is 14.4. The van der Waals surface area contributed by atoms with Crippen molar-refractivity contribution in [1.82, 2.24) is 9.88 Å². The molecule has 1 aliphatic heterocycles. The number of H-pyrrole nitrogens is 1. The third kappa shape index (κ3) is 4.67. The van der Waals surface area contributed by atoms with Crippen molar-refractivity contribution in [2.45, 2.75) is 31.5 Å². The topological polar surface area (TPSA) is 45.3 Å². The Morgan fingerprint density at radius 3 is 2.47 bits per heavy atom. The number of nitrogens with zero attached hydrogens (tertiary/aromatic N) is 1. The molecule has 2 aromatic carbocycles. The van der Waals surface area contributed by atoms with Crippen LogP contribution in [0, 0.1) is 0 Å². The van der Waals surface area contributed by atoms with Crippen molar-refractivity contribution in [1.29, 1.82) is 0 Å². The smallest absolute Gasteiger partial charge is 0.367 e. The average Bonchev–Trinajstić information content (AvgIpc) is 3.17. The van der Waals surface area contributed by atoms with Gasteiger partial charge in [0, 0.05) is 35.8 Å². The lowest BCUT2D eigenvalue weighted by atomic mass is 9.89. The quantitative estimate of drug-likeness (QED) is 0.616. The van der Waals surface area contributed by atoms with Crippen molar-refractivity contribution in [2.75, 3.05) is 19.7 Å². The largest absolute Gasteiger partial charge is 0.411 e. The molecule has 0 atom stereocenters. The number of hydrogen-bond donors (Lipinski definition) is 1. The maximum atomic E-state index is 12.8. The number of amides is 1. The van der Waals surface area contributed by atoms with Crippen molar-refractivity contribution < 1.29 is 22.7 Å². The van der Waals surface area contributed by atoms with E-state index in [0.717, 1.165) is 18.4 Å². The number of carbonyl (C=O) groups excluding carboxylic acids is 1. The number of para-hydroxylation sites is 1. The molecule has 4 nitrogen and oxygen atoms in total. The van der Waals surface area contributed by atoms with E-state index >= 15 is 0 Å². The molecule has 1 saturated heterocycles. The minimum absolute atomic E-state index is 0.0462. The van der Waals surface area contributed by atoms with E-state index < -0.39 is 12.8 Å². The highest BCUT2D eigenvalue weighted by molar-refractivity contribution is 5.94. The summed E-state index contributed by atoms with van der Waals surface area (Å²) in [6.45, 7) is -0.0536. The van der Waals surface area contributed by atoms with Gasteiger partial charge in [0.25, 0.3) is 5.91 Å². The normalized spacial score (nSPS) is 15.6. The molecular weight excluding hydrogens is 393 g/mol. The van der Waals surface area contributed by atoms with E-state index in [-0.39, 0.29) is 12.5 Å². The van der Waals surface area contributed by atoms with Gasteiger partial charge in [-0.25, -0.2) is 0 Å². The van der Waals surface area contributed by atoms with Crippen LogP contribution in [0.4, 0.5) is 13.2 Å². The fraction of sp³-hybridized carbons (Fsp3) is 0.348. The van der Waals surface area contributed by atoms with Gasteiger partial charge in [0.2, 0.25) is 0 Å². The van der Waals surface area contributed by atoms with Crippen LogP contribution in [0.5, 0.6) is 0 Å². The van der Waals surface area contributed by atoms with Gasteiger partial charge in [-0.1, -0.05) is 30.3 Å². The third-order valence-electron chi connectivity index (χ3n) is 5.58. The molecule has 1 N–H and O–H groups in total. The van der Waals surface area contributed by atoms with Gasteiger partial charge in [-0.2, -0.15) is 13.2 Å². The summed E-state index contributed by atoms with van der Waals surface area (Å²) in [6.07, 6.45) is -0.463. The monoisotopic (exact) mass is 416 g/mol. The van der Waals surface area contributed by atoms with Crippen LogP contribution in [0.15, 0.2) is 54.7 Å². The second kappa shape index (κ2) is 8.52. The lowest BCUT2D eigenvalue weighted by Crippen LogP contribution is -2.37. The summed E-state index contributed by atoms with van der Waals surface area (Å²) < 4.78 is 41.1. The van der Waals surface area contributed by atoms with Crippen LogP contribution in [0.3, 0.4) is 0 Å². The molecule has 1 aromatic heterocycles. The van der Waals surface area contributed by atoms with Gasteiger partial charge >= 0.3 is 6.18 Å². The Hall–Kier alpha value is -2.80. The SMILES string of the molecule is O=C(c1ccc(COCC(F)(F)F)cc1)N1CCC(c2c[nH]c3ccccc23)CC1. The highest BCUT2D eigenvalue weighted by Gasteiger charge is 2.28. The molecule has 1 amide bonds. The van der Waals surface area contributed by atoms with E-state index in [1.54, 1.807) is 24.3 Å². The number of aromatic amines is 1. The van der Waals surface area contributed by atoms with Gasteiger partial charge in [-0.3, -0.25) is 4.79 Å². The molecule has 0 unspecified atom stereocenters. The van der Waals surface area contributed by atoms with E-state index in [1.165, 1.54) is 10.9 Å². The predicted molar refractivity (Wildman–Crippen MR) is 108 cm³/mol. The zero-order valence-corrected chi connectivity index (χ0v) is 16.4. The molecule has 0 spiro atoms. The van der Waals surface area contributed by atoms with E-state index in [1.807, 2.05) is 17.0 Å². The maximum Gasteiger partial charge on any atom is 0.411 e. The summed E-state index contributed by atoms with van der Waals surface area (Å²) >= 11 is 0. The molecule has 30 heavy (non-hydrogen) atoms. The number of fused-ring (bicyclic) bond motifs is 1. The van der Waals surface area contributed by atoms with Crippen LogP contribution in [-0.2, 0) is 11.3 Å². The Labute approximate surface area is 172 Å². The molecule has 0 radical (unpaired) electrons. The Morgan fingerprint density at radius 2 is 1.77 bits per heavy atom.